The highest BCUT2D eigenvalue weighted by atomic mass is 16.8. The molecule has 19 heteroatoms. The lowest BCUT2D eigenvalue weighted by molar-refractivity contribution is -0.379. The summed E-state index contributed by atoms with van der Waals surface area (Å²) in [4.78, 5) is 13.4. The van der Waals surface area contributed by atoms with Gasteiger partial charge in [0.1, 0.15) is 73.2 Å². The van der Waals surface area contributed by atoms with Crippen molar-refractivity contribution < 1.29 is 89.4 Å². The second kappa shape index (κ2) is 55.1. The summed E-state index contributed by atoms with van der Waals surface area (Å²) in [7, 11) is 0. The van der Waals surface area contributed by atoms with Crippen LogP contribution in [-0.4, -0.2) is 193 Å². The highest BCUT2D eigenvalue weighted by molar-refractivity contribution is 5.76. The maximum atomic E-state index is 13.4. The number of hydrogen-bond acceptors (Lipinski definition) is 18. The molecule has 0 aliphatic carbocycles. The Labute approximate surface area is 559 Å². The smallest absolute Gasteiger partial charge is 0.220 e. The largest absolute Gasteiger partial charge is 0.394 e. The number of nitrogens with one attached hydrogen (secondary N) is 1. The summed E-state index contributed by atoms with van der Waals surface area (Å²) < 4.78 is 34.4. The van der Waals surface area contributed by atoms with Crippen molar-refractivity contribution in [1.29, 1.82) is 0 Å². The lowest BCUT2D eigenvalue weighted by Crippen LogP contribution is -2.66. The van der Waals surface area contributed by atoms with Gasteiger partial charge in [0.05, 0.1) is 38.6 Å². The number of allylic oxidation sites excluding steroid dienone is 11. The van der Waals surface area contributed by atoms with E-state index in [1.54, 1.807) is 6.08 Å². The number of aliphatic hydroxyl groups excluding tert-OH is 11. The molecule has 3 aliphatic rings. The fraction of sp³-hybridized carbons (Fsp3) is 0.824. The van der Waals surface area contributed by atoms with E-state index >= 15 is 0 Å². The number of amides is 1. The monoisotopic (exact) mass is 1320 g/mol. The number of rotatable bonds is 56. The molecule has 3 fully saturated rings. The maximum absolute atomic E-state index is 13.4. The number of carbonyl (C=O) groups is 1. The van der Waals surface area contributed by atoms with Crippen molar-refractivity contribution in [3.63, 3.8) is 0 Å². The summed E-state index contributed by atoms with van der Waals surface area (Å²) in [5, 5.41) is 121. The first-order chi connectivity index (χ1) is 45.3. The molecule has 12 N–H and O–H groups in total. The van der Waals surface area contributed by atoms with Gasteiger partial charge in [0.15, 0.2) is 18.9 Å². The third kappa shape index (κ3) is 36.6. The molecular formula is C74H131NO18. The average molecular weight is 1320 g/mol. The van der Waals surface area contributed by atoms with Crippen molar-refractivity contribution in [1.82, 2.24) is 5.32 Å². The Bertz CT molecular complexity index is 1970. The summed E-state index contributed by atoms with van der Waals surface area (Å²) in [5.74, 6) is -0.292. The molecule has 3 heterocycles. The van der Waals surface area contributed by atoms with E-state index in [9.17, 15) is 61.0 Å². The summed E-state index contributed by atoms with van der Waals surface area (Å²) in [6.45, 7) is 1.70. The zero-order valence-corrected chi connectivity index (χ0v) is 57.2. The summed E-state index contributed by atoms with van der Waals surface area (Å²) in [5.41, 5.74) is 0. The predicted molar refractivity (Wildman–Crippen MR) is 365 cm³/mol. The van der Waals surface area contributed by atoms with E-state index in [1.165, 1.54) is 154 Å². The van der Waals surface area contributed by atoms with Crippen molar-refractivity contribution in [2.24, 2.45) is 0 Å². The molecule has 17 unspecified atom stereocenters. The minimum atomic E-state index is -1.99. The van der Waals surface area contributed by atoms with Crippen LogP contribution in [0.4, 0.5) is 0 Å². The number of unbranched alkanes of at least 4 members (excludes halogenated alkanes) is 30. The molecule has 0 aromatic rings. The van der Waals surface area contributed by atoms with Crippen molar-refractivity contribution in [2.45, 2.75) is 362 Å². The lowest BCUT2D eigenvalue weighted by atomic mass is 9.96. The molecule has 17 atom stereocenters. The zero-order valence-electron chi connectivity index (χ0n) is 57.2. The average Bonchev–Trinajstić information content (AvgIpc) is 0.902. The normalized spacial score (nSPS) is 27.9. The Hall–Kier alpha value is -2.77. The first kappa shape index (κ1) is 84.5. The molecule has 19 nitrogen and oxygen atoms in total. The standard InChI is InChI=1S/C74H131NO18/c1-3-5-7-9-11-13-15-17-19-21-23-25-26-27-28-29-30-32-34-36-38-40-42-44-46-48-50-52-62(80)75-57(58(79)51-49-47-45-43-41-39-37-35-33-31-24-22-20-18-16-14-12-10-8-6-4-2)56-88-72-68(86)65(83)70(60(54-77)90-72)93-74-69(87)66(84)71(61(55-78)91-74)92-73-67(85)64(82)63(81)59(53-76)89-73/h15,17,21,23,26-27,33,35,41,43,49,51,57-61,63-74,76-79,81-87H,3-14,16,18-20,22,24-25,28-32,34,36-40,42,44-48,50,52-56H2,1-2H3,(H,75,80)/b17-15-,23-21-,27-26-,35-33+,43-41+,51-49+. The van der Waals surface area contributed by atoms with Gasteiger partial charge in [-0.15, -0.1) is 0 Å². The van der Waals surface area contributed by atoms with E-state index < -0.39 is 124 Å². The van der Waals surface area contributed by atoms with Gasteiger partial charge in [-0.25, -0.2) is 0 Å². The molecule has 0 aromatic heterocycles. The molecule has 3 aliphatic heterocycles. The number of aliphatic hydroxyl groups is 11. The van der Waals surface area contributed by atoms with E-state index in [1.807, 2.05) is 6.08 Å². The van der Waals surface area contributed by atoms with Gasteiger partial charge in [-0.3, -0.25) is 4.79 Å². The summed E-state index contributed by atoms with van der Waals surface area (Å²) in [6, 6.07) is -1.00. The third-order valence-corrected chi connectivity index (χ3v) is 18.0. The fourth-order valence-corrected chi connectivity index (χ4v) is 12.0. The van der Waals surface area contributed by atoms with Crippen LogP contribution in [0.15, 0.2) is 72.9 Å². The minimum absolute atomic E-state index is 0.227. The first-order valence-electron chi connectivity index (χ1n) is 36.7. The molecule has 0 radical (unpaired) electrons. The van der Waals surface area contributed by atoms with Crippen LogP contribution in [0.5, 0.6) is 0 Å². The molecule has 540 valence electrons. The van der Waals surface area contributed by atoms with Crippen LogP contribution in [0, 0.1) is 0 Å². The van der Waals surface area contributed by atoms with Gasteiger partial charge < -0.3 is 89.9 Å². The predicted octanol–water partition coefficient (Wildman–Crippen LogP) is 10.5. The van der Waals surface area contributed by atoms with Crippen LogP contribution < -0.4 is 5.32 Å². The highest BCUT2D eigenvalue weighted by Gasteiger charge is 2.53. The van der Waals surface area contributed by atoms with Gasteiger partial charge in [-0.2, -0.15) is 0 Å². The van der Waals surface area contributed by atoms with E-state index in [2.05, 4.69) is 79.9 Å². The Balaban J connectivity index is 1.43. The Morgan fingerprint density at radius 2 is 0.720 bits per heavy atom. The Morgan fingerprint density at radius 3 is 1.15 bits per heavy atom. The summed E-state index contributed by atoms with van der Waals surface area (Å²) >= 11 is 0. The topological polar surface area (TPSA) is 307 Å². The van der Waals surface area contributed by atoms with Gasteiger partial charge in [0.2, 0.25) is 5.91 Å². The van der Waals surface area contributed by atoms with Crippen molar-refractivity contribution in [3.8, 4) is 0 Å². The summed E-state index contributed by atoms with van der Waals surface area (Å²) in [6.07, 6.45) is 43.0. The quantitative estimate of drug-likeness (QED) is 0.0199. The van der Waals surface area contributed by atoms with Crippen LogP contribution in [-0.2, 0) is 33.2 Å². The molecule has 0 aromatic carbocycles. The minimum Gasteiger partial charge on any atom is -0.394 e. The van der Waals surface area contributed by atoms with Crippen LogP contribution in [0.1, 0.15) is 258 Å². The van der Waals surface area contributed by atoms with E-state index in [0.29, 0.717) is 12.8 Å². The Morgan fingerprint density at radius 1 is 0.387 bits per heavy atom. The molecule has 1 amide bonds. The second-order valence-corrected chi connectivity index (χ2v) is 26.0. The number of carbonyl (C=O) groups excluding carboxylic acids is 1. The molecule has 3 rings (SSSR count). The van der Waals surface area contributed by atoms with Crippen molar-refractivity contribution in [2.75, 3.05) is 26.4 Å². The van der Waals surface area contributed by atoms with E-state index in [-0.39, 0.29) is 18.9 Å². The van der Waals surface area contributed by atoms with Crippen molar-refractivity contribution in [3.05, 3.63) is 72.9 Å². The van der Waals surface area contributed by atoms with Crippen LogP contribution in [0.3, 0.4) is 0 Å². The van der Waals surface area contributed by atoms with Crippen LogP contribution in [0.2, 0.25) is 0 Å². The molecule has 3 saturated heterocycles. The first-order valence-corrected chi connectivity index (χ1v) is 36.7. The van der Waals surface area contributed by atoms with Gasteiger partial charge in [-0.05, 0) is 83.5 Å². The van der Waals surface area contributed by atoms with Gasteiger partial charge in [-0.1, -0.05) is 241 Å². The molecule has 0 saturated carbocycles. The van der Waals surface area contributed by atoms with E-state index in [4.69, 9.17) is 28.4 Å². The molecule has 0 bridgehead atoms. The third-order valence-electron chi connectivity index (χ3n) is 18.0. The fourth-order valence-electron chi connectivity index (χ4n) is 12.0. The van der Waals surface area contributed by atoms with Crippen molar-refractivity contribution >= 4 is 5.91 Å². The molecular weight excluding hydrogens is 1190 g/mol. The lowest BCUT2D eigenvalue weighted by Gasteiger charge is -2.48. The van der Waals surface area contributed by atoms with Crippen LogP contribution in [0.25, 0.3) is 0 Å². The molecule has 93 heavy (non-hydrogen) atoms. The van der Waals surface area contributed by atoms with Gasteiger partial charge in [0.25, 0.3) is 0 Å². The van der Waals surface area contributed by atoms with E-state index in [0.717, 1.165) is 70.6 Å². The second-order valence-electron chi connectivity index (χ2n) is 26.0. The van der Waals surface area contributed by atoms with Gasteiger partial charge in [0, 0.05) is 6.42 Å². The number of hydrogen-bond donors (Lipinski definition) is 12. The maximum Gasteiger partial charge on any atom is 0.220 e. The Kier molecular flexibility index (Phi) is 50.1. The van der Waals surface area contributed by atoms with Gasteiger partial charge >= 0.3 is 0 Å². The zero-order chi connectivity index (χ0) is 67.5. The molecule has 0 spiro atoms. The number of ether oxygens (including phenoxy) is 6. The highest BCUT2D eigenvalue weighted by Crippen LogP contribution is 2.33. The SMILES string of the molecule is CCCCCCC/C=C\C/C=C\C/C=C\CCCCCCCCCCCCCCC(=O)NC(COC1OC(CO)C(OC2OC(CO)C(OC3OC(CO)C(O)C(O)C3O)C(O)C2O)C(O)C1O)C(O)/C=C/CC/C=C/CC/C=C/CCCCCCCCCCCCC. The van der Waals surface area contributed by atoms with Crippen LogP contribution >= 0.6 is 0 Å².